The molecule has 0 saturated carbocycles. The molecule has 162 valence electrons. The molecule has 0 aliphatic rings. The predicted molar refractivity (Wildman–Crippen MR) is 129 cm³/mol. The molecule has 1 atom stereocenters. The predicted octanol–water partition coefficient (Wildman–Crippen LogP) is 5.66. The average Bonchev–Trinajstić information content (AvgIpc) is 3.28. The van der Waals surface area contributed by atoms with E-state index in [2.05, 4.69) is 26.2 Å². The number of ether oxygens (including phenoxy) is 1. The van der Waals surface area contributed by atoms with Crippen LogP contribution in [0.4, 0.5) is 0 Å². The number of carbonyl (C=O) groups is 2. The summed E-state index contributed by atoms with van der Waals surface area (Å²) in [5, 5.41) is 7.47. The molecule has 0 aliphatic carbocycles. The fourth-order valence-corrected chi connectivity index (χ4v) is 5.19. The first kappa shape index (κ1) is 23.8. The van der Waals surface area contributed by atoms with Gasteiger partial charge in [0.1, 0.15) is 10.1 Å². The summed E-state index contributed by atoms with van der Waals surface area (Å²) in [5.41, 5.74) is 0.158. The fourth-order valence-electron chi connectivity index (χ4n) is 3.08. The minimum Gasteiger partial charge on any atom is -0.466 e. The zero-order valence-electron chi connectivity index (χ0n) is 16.6. The maximum atomic E-state index is 13.1. The van der Waals surface area contributed by atoms with Crippen molar-refractivity contribution in [2.45, 2.75) is 23.8 Å². The molecular formula is C22H20BrClN2O3S2. The van der Waals surface area contributed by atoms with Crippen LogP contribution in [0, 0.1) is 0 Å². The maximum absolute atomic E-state index is 13.1. The minimum atomic E-state index is -1.16. The molecule has 1 aromatic carbocycles. The first-order chi connectivity index (χ1) is 14.9. The van der Waals surface area contributed by atoms with Crippen molar-refractivity contribution in [2.24, 2.45) is 0 Å². The van der Waals surface area contributed by atoms with Crippen molar-refractivity contribution in [1.29, 1.82) is 0 Å². The van der Waals surface area contributed by atoms with Crippen molar-refractivity contribution < 1.29 is 14.3 Å². The van der Waals surface area contributed by atoms with Gasteiger partial charge in [-0.25, -0.2) is 4.98 Å². The van der Waals surface area contributed by atoms with Gasteiger partial charge in [0, 0.05) is 4.90 Å². The van der Waals surface area contributed by atoms with Crippen molar-refractivity contribution in [2.75, 3.05) is 12.4 Å². The van der Waals surface area contributed by atoms with E-state index in [1.165, 1.54) is 23.1 Å². The third kappa shape index (κ3) is 6.10. The van der Waals surface area contributed by atoms with Crippen molar-refractivity contribution in [3.8, 4) is 0 Å². The Labute approximate surface area is 202 Å². The Hall–Kier alpha value is -1.87. The third-order valence-electron chi connectivity index (χ3n) is 4.43. The van der Waals surface area contributed by atoms with Crippen LogP contribution in [0.5, 0.6) is 0 Å². The molecule has 0 bridgehead atoms. The normalized spacial score (nSPS) is 12.7. The van der Waals surface area contributed by atoms with Gasteiger partial charge in [0.05, 0.1) is 29.5 Å². The first-order valence-electron chi connectivity index (χ1n) is 9.44. The Bertz CT molecular complexity index is 1050. The minimum absolute atomic E-state index is 0.0798. The van der Waals surface area contributed by atoms with Gasteiger partial charge in [-0.05, 0) is 69.5 Å². The Morgan fingerprint density at radius 2 is 2.03 bits per heavy atom. The number of thioether (sulfide) groups is 1. The summed E-state index contributed by atoms with van der Waals surface area (Å²) >= 11 is 12.4. The van der Waals surface area contributed by atoms with Gasteiger partial charge in [-0.2, -0.15) is 11.3 Å². The van der Waals surface area contributed by atoms with Gasteiger partial charge in [-0.15, -0.1) is 11.8 Å². The second-order valence-corrected chi connectivity index (χ2v) is 9.53. The van der Waals surface area contributed by atoms with E-state index in [1.807, 2.05) is 41.1 Å². The molecule has 3 rings (SSSR count). The Morgan fingerprint density at radius 1 is 1.23 bits per heavy atom. The lowest BCUT2D eigenvalue weighted by atomic mass is 9.84. The van der Waals surface area contributed by atoms with Crippen LogP contribution in [-0.4, -0.2) is 29.2 Å². The molecular weight excluding hydrogens is 520 g/mol. The SMILES string of the molecule is CCOC(=O)CC(NC(=O)CSc1ccccc1Cl)(c1ccsc1)c1cccc(Br)n1. The molecule has 3 aromatic rings. The van der Waals surface area contributed by atoms with Crippen molar-refractivity contribution in [1.82, 2.24) is 10.3 Å². The summed E-state index contributed by atoms with van der Waals surface area (Å²) in [6, 6.07) is 14.6. The third-order valence-corrected chi connectivity index (χ3v) is 7.07. The fraction of sp³-hybridized carbons (Fsp3) is 0.227. The van der Waals surface area contributed by atoms with Gasteiger partial charge < -0.3 is 10.1 Å². The number of esters is 1. The van der Waals surface area contributed by atoms with Crippen LogP contribution < -0.4 is 5.32 Å². The molecule has 2 heterocycles. The molecule has 0 aliphatic heterocycles. The van der Waals surface area contributed by atoms with Crippen molar-refractivity contribution >= 4 is 62.5 Å². The van der Waals surface area contributed by atoms with Gasteiger partial charge in [0.15, 0.2) is 0 Å². The van der Waals surface area contributed by atoms with E-state index < -0.39 is 11.5 Å². The molecule has 5 nitrogen and oxygen atoms in total. The largest absolute Gasteiger partial charge is 0.466 e. The highest BCUT2D eigenvalue weighted by Gasteiger charge is 2.40. The molecule has 0 radical (unpaired) electrons. The second kappa shape index (κ2) is 11.1. The highest BCUT2D eigenvalue weighted by atomic mass is 79.9. The monoisotopic (exact) mass is 538 g/mol. The molecule has 2 aromatic heterocycles. The smallest absolute Gasteiger partial charge is 0.308 e. The summed E-state index contributed by atoms with van der Waals surface area (Å²) in [7, 11) is 0. The topological polar surface area (TPSA) is 68.3 Å². The molecule has 1 unspecified atom stereocenters. The molecule has 0 fully saturated rings. The number of halogens is 2. The van der Waals surface area contributed by atoms with Gasteiger partial charge in [0.2, 0.25) is 5.91 Å². The van der Waals surface area contributed by atoms with Crippen LogP contribution in [0.3, 0.4) is 0 Å². The van der Waals surface area contributed by atoms with E-state index in [0.29, 0.717) is 15.3 Å². The molecule has 1 N–H and O–H groups in total. The number of aromatic nitrogens is 1. The number of nitrogens with zero attached hydrogens (tertiary/aromatic N) is 1. The van der Waals surface area contributed by atoms with E-state index in [4.69, 9.17) is 16.3 Å². The van der Waals surface area contributed by atoms with Crippen LogP contribution >= 0.6 is 50.6 Å². The highest BCUT2D eigenvalue weighted by molar-refractivity contribution is 9.10. The van der Waals surface area contributed by atoms with Crippen molar-refractivity contribution in [3.63, 3.8) is 0 Å². The zero-order chi connectivity index (χ0) is 22.3. The lowest BCUT2D eigenvalue weighted by Crippen LogP contribution is -2.49. The zero-order valence-corrected chi connectivity index (χ0v) is 20.6. The van der Waals surface area contributed by atoms with E-state index >= 15 is 0 Å². The Balaban J connectivity index is 1.94. The van der Waals surface area contributed by atoms with E-state index in [9.17, 15) is 9.59 Å². The number of benzene rings is 1. The number of thiophene rings is 1. The quantitative estimate of drug-likeness (QED) is 0.216. The standard InChI is InChI=1S/C22H20BrClN2O3S2/c1-2-29-21(28)12-22(15-10-11-30-13-15,18-8-5-9-19(23)25-18)26-20(27)14-31-17-7-4-3-6-16(17)24/h3-11,13H,2,12,14H2,1H3,(H,26,27). The number of rotatable bonds is 9. The second-order valence-electron chi connectivity index (χ2n) is 6.51. The molecule has 1 amide bonds. The van der Waals surface area contributed by atoms with E-state index in [1.54, 1.807) is 25.1 Å². The number of hydrogen-bond donors (Lipinski definition) is 1. The number of amides is 1. The summed E-state index contributed by atoms with van der Waals surface area (Å²) in [6.07, 6.45) is -0.0798. The molecule has 0 saturated heterocycles. The number of hydrogen-bond acceptors (Lipinski definition) is 6. The van der Waals surface area contributed by atoms with Gasteiger partial charge in [-0.1, -0.05) is 29.8 Å². The van der Waals surface area contributed by atoms with E-state index in [0.717, 1.165) is 10.5 Å². The van der Waals surface area contributed by atoms with Crippen LogP contribution in [-0.2, 0) is 19.9 Å². The van der Waals surface area contributed by atoms with Crippen LogP contribution in [0.25, 0.3) is 0 Å². The Morgan fingerprint density at radius 3 is 2.71 bits per heavy atom. The number of pyridine rings is 1. The van der Waals surface area contributed by atoms with Gasteiger partial charge in [0.25, 0.3) is 0 Å². The summed E-state index contributed by atoms with van der Waals surface area (Å²) < 4.78 is 5.83. The molecule has 31 heavy (non-hydrogen) atoms. The van der Waals surface area contributed by atoms with Crippen LogP contribution in [0.1, 0.15) is 24.6 Å². The summed E-state index contributed by atoms with van der Waals surface area (Å²) in [4.78, 5) is 31.0. The molecule has 9 heteroatoms. The number of carbonyl (C=O) groups excluding carboxylic acids is 2. The van der Waals surface area contributed by atoms with E-state index in [-0.39, 0.29) is 24.7 Å². The summed E-state index contributed by atoms with van der Waals surface area (Å²) in [6.45, 7) is 2.00. The molecule has 0 spiro atoms. The Kier molecular flexibility index (Phi) is 8.54. The average molecular weight is 540 g/mol. The first-order valence-corrected chi connectivity index (χ1v) is 12.5. The van der Waals surface area contributed by atoms with Crippen LogP contribution in [0.2, 0.25) is 5.02 Å². The van der Waals surface area contributed by atoms with Gasteiger partial charge >= 0.3 is 5.97 Å². The van der Waals surface area contributed by atoms with Crippen molar-refractivity contribution in [3.05, 3.63) is 80.2 Å². The van der Waals surface area contributed by atoms with Gasteiger partial charge in [-0.3, -0.25) is 9.59 Å². The lowest BCUT2D eigenvalue weighted by Gasteiger charge is -2.33. The summed E-state index contributed by atoms with van der Waals surface area (Å²) in [5.74, 6) is -0.538. The lowest BCUT2D eigenvalue weighted by molar-refractivity contribution is -0.144. The maximum Gasteiger partial charge on any atom is 0.308 e. The number of nitrogens with one attached hydrogen (secondary N) is 1. The van der Waals surface area contributed by atoms with Crippen LogP contribution in [0.15, 0.2) is 68.8 Å². The highest BCUT2D eigenvalue weighted by Crippen LogP contribution is 2.35.